The molecule has 0 unspecified atom stereocenters. The fourth-order valence-electron chi connectivity index (χ4n) is 1.99. The van der Waals surface area contributed by atoms with Gasteiger partial charge in [-0.05, 0) is 19.4 Å². The molecule has 0 saturated carbocycles. The Morgan fingerprint density at radius 1 is 1.20 bits per heavy atom. The lowest BCUT2D eigenvalue weighted by Crippen LogP contribution is -2.19. The number of ether oxygens (including phenoxy) is 1. The molecule has 2 rings (SSSR count). The quantitative estimate of drug-likeness (QED) is 0.485. The highest BCUT2D eigenvalue weighted by Crippen LogP contribution is 2.13. The summed E-state index contributed by atoms with van der Waals surface area (Å²) in [5.74, 6) is -1.50. The zero-order chi connectivity index (χ0) is 14.7. The molecular weight excluding hydrogens is 256 g/mol. The summed E-state index contributed by atoms with van der Waals surface area (Å²) < 4.78 is 6.61. The number of ketones is 1. The molecule has 0 fully saturated rings. The Kier molecular flexibility index (Phi) is 3.98. The molecule has 1 aromatic carbocycles. The minimum atomic E-state index is -0.854. The second kappa shape index (κ2) is 5.69. The number of hydrogen-bond acceptors (Lipinski definition) is 4. The molecule has 0 aliphatic carbocycles. The first kappa shape index (κ1) is 14.0. The Morgan fingerprint density at radius 3 is 2.40 bits per heavy atom. The van der Waals surface area contributed by atoms with Crippen LogP contribution in [0.3, 0.4) is 0 Å². The van der Waals surface area contributed by atoms with Crippen LogP contribution in [0, 0.1) is 13.8 Å². The number of benzene rings is 1. The van der Waals surface area contributed by atoms with Gasteiger partial charge in [-0.3, -0.25) is 9.48 Å². The van der Waals surface area contributed by atoms with Crippen LogP contribution < -0.4 is 0 Å². The molecule has 2 aromatic rings. The van der Waals surface area contributed by atoms with E-state index in [2.05, 4.69) is 5.10 Å². The lowest BCUT2D eigenvalue weighted by Gasteiger charge is -2.04. The van der Waals surface area contributed by atoms with Gasteiger partial charge in [-0.25, -0.2) is 4.79 Å². The van der Waals surface area contributed by atoms with E-state index in [-0.39, 0.29) is 6.61 Å². The Bertz CT molecular complexity index is 645. The van der Waals surface area contributed by atoms with Crippen molar-refractivity contribution in [2.24, 2.45) is 7.05 Å². The second-order valence-electron chi connectivity index (χ2n) is 4.56. The number of aryl methyl sites for hydroxylation is 2. The summed E-state index contributed by atoms with van der Waals surface area (Å²) in [7, 11) is 1.73. The van der Waals surface area contributed by atoms with Crippen molar-refractivity contribution in [1.29, 1.82) is 0 Å². The molecule has 0 saturated heterocycles. The summed E-state index contributed by atoms with van der Waals surface area (Å²) in [4.78, 5) is 23.9. The van der Waals surface area contributed by atoms with Gasteiger partial charge in [0, 0.05) is 12.7 Å². The molecule has 5 heteroatoms. The van der Waals surface area contributed by atoms with Crippen molar-refractivity contribution in [2.75, 3.05) is 0 Å². The van der Waals surface area contributed by atoms with Crippen LogP contribution >= 0.6 is 0 Å². The summed E-state index contributed by atoms with van der Waals surface area (Å²) in [6.45, 7) is 3.53. The maximum Gasteiger partial charge on any atom is 0.380 e. The summed E-state index contributed by atoms with van der Waals surface area (Å²) in [5.41, 5.74) is 2.36. The smallest absolute Gasteiger partial charge is 0.380 e. The zero-order valence-corrected chi connectivity index (χ0v) is 11.7. The lowest BCUT2D eigenvalue weighted by molar-refractivity contribution is -0.139. The van der Waals surface area contributed by atoms with E-state index in [4.69, 9.17) is 4.74 Å². The van der Waals surface area contributed by atoms with Gasteiger partial charge in [-0.1, -0.05) is 30.3 Å². The van der Waals surface area contributed by atoms with E-state index in [0.717, 1.165) is 5.56 Å². The van der Waals surface area contributed by atoms with Crippen LogP contribution in [0.15, 0.2) is 30.3 Å². The third-order valence-corrected chi connectivity index (χ3v) is 3.13. The maximum atomic E-state index is 12.1. The van der Waals surface area contributed by atoms with Crippen molar-refractivity contribution in [3.05, 3.63) is 52.8 Å². The van der Waals surface area contributed by atoms with Gasteiger partial charge in [0.2, 0.25) is 0 Å². The van der Waals surface area contributed by atoms with Crippen LogP contribution in [0.5, 0.6) is 0 Å². The van der Waals surface area contributed by atoms with Gasteiger partial charge >= 0.3 is 5.97 Å². The molecule has 5 nitrogen and oxygen atoms in total. The van der Waals surface area contributed by atoms with Gasteiger partial charge in [0.15, 0.2) is 0 Å². The number of rotatable bonds is 4. The third kappa shape index (κ3) is 2.77. The van der Waals surface area contributed by atoms with Gasteiger partial charge in [-0.2, -0.15) is 5.10 Å². The molecule has 0 bridgehead atoms. The topological polar surface area (TPSA) is 61.2 Å². The summed E-state index contributed by atoms with van der Waals surface area (Å²) in [6, 6.07) is 9.23. The van der Waals surface area contributed by atoms with E-state index in [1.165, 1.54) is 0 Å². The second-order valence-corrected chi connectivity index (χ2v) is 4.56. The minimum Gasteiger partial charge on any atom is -0.455 e. The normalized spacial score (nSPS) is 10.3. The number of aromatic nitrogens is 2. The Hall–Kier alpha value is -2.43. The molecule has 1 aromatic heterocycles. The number of Topliss-reactive ketones (excluding diaryl/α,β-unsaturated/α-hetero) is 1. The van der Waals surface area contributed by atoms with Gasteiger partial charge in [0.25, 0.3) is 5.78 Å². The van der Waals surface area contributed by atoms with Crippen molar-refractivity contribution >= 4 is 11.8 Å². The molecule has 1 heterocycles. The standard InChI is InChI=1S/C15H16N2O3/c1-10-13(11(2)17(3)16-10)14(18)15(19)20-9-12-7-5-4-6-8-12/h4-8H,9H2,1-3H3. The van der Waals surface area contributed by atoms with Crippen molar-refractivity contribution < 1.29 is 14.3 Å². The molecule has 104 valence electrons. The Morgan fingerprint density at radius 2 is 1.85 bits per heavy atom. The first-order chi connectivity index (χ1) is 9.50. The van der Waals surface area contributed by atoms with E-state index < -0.39 is 11.8 Å². The number of nitrogens with zero attached hydrogens (tertiary/aromatic N) is 2. The molecular formula is C15H16N2O3. The van der Waals surface area contributed by atoms with Crippen molar-refractivity contribution in [2.45, 2.75) is 20.5 Å². The van der Waals surface area contributed by atoms with Crippen LogP contribution in [0.1, 0.15) is 27.3 Å². The molecule has 0 aliphatic heterocycles. The molecule has 0 spiro atoms. The van der Waals surface area contributed by atoms with E-state index in [1.807, 2.05) is 30.3 Å². The van der Waals surface area contributed by atoms with Crippen LogP contribution in [0.4, 0.5) is 0 Å². The van der Waals surface area contributed by atoms with Crippen molar-refractivity contribution in [3.8, 4) is 0 Å². The van der Waals surface area contributed by atoms with Crippen LogP contribution in [-0.2, 0) is 23.2 Å². The molecule has 0 aliphatic rings. The number of carbonyl (C=O) groups is 2. The predicted octanol–water partition coefficient (Wildman–Crippen LogP) is 1.96. The average molecular weight is 272 g/mol. The first-order valence-corrected chi connectivity index (χ1v) is 6.26. The summed E-state index contributed by atoms with van der Waals surface area (Å²) in [6.07, 6.45) is 0. The van der Waals surface area contributed by atoms with E-state index in [0.29, 0.717) is 17.0 Å². The van der Waals surface area contributed by atoms with Crippen molar-refractivity contribution in [3.63, 3.8) is 0 Å². The minimum absolute atomic E-state index is 0.0871. The fraction of sp³-hybridized carbons (Fsp3) is 0.267. The lowest BCUT2D eigenvalue weighted by atomic mass is 10.1. The summed E-state index contributed by atoms with van der Waals surface area (Å²) >= 11 is 0. The SMILES string of the molecule is Cc1nn(C)c(C)c1C(=O)C(=O)OCc1ccccc1. The highest BCUT2D eigenvalue weighted by molar-refractivity contribution is 6.41. The van der Waals surface area contributed by atoms with Crippen LogP contribution in [-0.4, -0.2) is 21.5 Å². The molecule has 0 N–H and O–H groups in total. The fourth-order valence-corrected chi connectivity index (χ4v) is 1.99. The van der Waals surface area contributed by atoms with E-state index >= 15 is 0 Å². The number of carbonyl (C=O) groups excluding carboxylic acids is 2. The Labute approximate surface area is 117 Å². The average Bonchev–Trinajstić information content (AvgIpc) is 2.70. The monoisotopic (exact) mass is 272 g/mol. The Balaban J connectivity index is 2.08. The largest absolute Gasteiger partial charge is 0.455 e. The zero-order valence-electron chi connectivity index (χ0n) is 11.7. The molecule has 20 heavy (non-hydrogen) atoms. The molecule has 0 amide bonds. The first-order valence-electron chi connectivity index (χ1n) is 6.26. The van der Waals surface area contributed by atoms with Crippen LogP contribution in [0.25, 0.3) is 0 Å². The number of esters is 1. The molecule has 0 radical (unpaired) electrons. The predicted molar refractivity (Wildman–Crippen MR) is 73.3 cm³/mol. The van der Waals surface area contributed by atoms with Gasteiger partial charge in [0.1, 0.15) is 6.61 Å². The number of hydrogen-bond donors (Lipinski definition) is 0. The van der Waals surface area contributed by atoms with Crippen LogP contribution in [0.2, 0.25) is 0 Å². The van der Waals surface area contributed by atoms with E-state index in [1.54, 1.807) is 25.6 Å². The van der Waals surface area contributed by atoms with Gasteiger partial charge < -0.3 is 4.74 Å². The maximum absolute atomic E-state index is 12.1. The van der Waals surface area contributed by atoms with Gasteiger partial charge in [-0.15, -0.1) is 0 Å². The summed E-state index contributed by atoms with van der Waals surface area (Å²) in [5, 5.41) is 4.12. The van der Waals surface area contributed by atoms with Crippen molar-refractivity contribution in [1.82, 2.24) is 9.78 Å². The van der Waals surface area contributed by atoms with Gasteiger partial charge in [0.05, 0.1) is 11.3 Å². The molecule has 0 atom stereocenters. The third-order valence-electron chi connectivity index (χ3n) is 3.13. The van der Waals surface area contributed by atoms with E-state index in [9.17, 15) is 9.59 Å². The highest BCUT2D eigenvalue weighted by atomic mass is 16.5. The highest BCUT2D eigenvalue weighted by Gasteiger charge is 2.25.